The van der Waals surface area contributed by atoms with E-state index in [0.717, 1.165) is 49.0 Å². The molecule has 0 aromatic heterocycles. The number of carbonyl (C=O) groups is 3. The molecule has 3 amide bonds. The minimum absolute atomic E-state index is 0.0391. The first kappa shape index (κ1) is 21.5. The molecule has 4 fully saturated rings. The molecule has 31 heavy (non-hydrogen) atoms. The smallest absolute Gasteiger partial charge is 0.329 e. The van der Waals surface area contributed by atoms with Crippen molar-refractivity contribution in [1.29, 1.82) is 0 Å². The molecule has 0 unspecified atom stereocenters. The molecule has 1 aromatic rings. The van der Waals surface area contributed by atoms with E-state index in [1.54, 1.807) is 19.1 Å². The summed E-state index contributed by atoms with van der Waals surface area (Å²) in [6, 6.07) is 7.32. The minimum Gasteiger partial charge on any atom is -0.350 e. The Bertz CT molecular complexity index is 855. The Morgan fingerprint density at radius 1 is 0.968 bits per heavy atom. The van der Waals surface area contributed by atoms with Gasteiger partial charge in [0.15, 0.2) is 0 Å². The molecule has 7 nitrogen and oxygen atoms in total. The minimum atomic E-state index is -0.861. The number of amides is 3. The zero-order valence-corrected chi connectivity index (χ0v) is 18.4. The maximum atomic E-state index is 12.6. The highest BCUT2D eigenvalue weighted by atomic mass is 16.2. The average molecular weight is 425 g/mol. The van der Waals surface area contributed by atoms with Gasteiger partial charge in [-0.2, -0.15) is 5.10 Å². The number of hydrogen-bond donors (Lipinski definition) is 3. The number of carbonyl (C=O) groups excluding carboxylic acids is 3. The Morgan fingerprint density at radius 2 is 1.55 bits per heavy atom. The fourth-order valence-corrected chi connectivity index (χ4v) is 6.08. The third-order valence-corrected chi connectivity index (χ3v) is 7.03. The highest BCUT2D eigenvalue weighted by Crippen LogP contribution is 2.55. The molecule has 0 heterocycles. The van der Waals surface area contributed by atoms with Crippen molar-refractivity contribution in [3.63, 3.8) is 0 Å². The summed E-state index contributed by atoms with van der Waals surface area (Å²) in [6.45, 7) is 3.73. The summed E-state index contributed by atoms with van der Waals surface area (Å²) in [7, 11) is 0. The molecule has 3 N–H and O–H groups in total. The number of hydrogen-bond acceptors (Lipinski definition) is 4. The van der Waals surface area contributed by atoms with Crippen LogP contribution in [-0.4, -0.2) is 29.0 Å². The lowest BCUT2D eigenvalue weighted by atomic mass is 9.53. The van der Waals surface area contributed by atoms with Crippen molar-refractivity contribution in [3.05, 3.63) is 29.8 Å². The normalized spacial score (nSPS) is 28.8. The van der Waals surface area contributed by atoms with Gasteiger partial charge in [-0.05, 0) is 87.3 Å². The Balaban J connectivity index is 1.25. The molecular formula is C24H32N4O3. The van der Waals surface area contributed by atoms with E-state index >= 15 is 0 Å². The van der Waals surface area contributed by atoms with Gasteiger partial charge in [-0.15, -0.1) is 0 Å². The van der Waals surface area contributed by atoms with Gasteiger partial charge < -0.3 is 10.6 Å². The number of nitrogens with one attached hydrogen (secondary N) is 3. The van der Waals surface area contributed by atoms with Crippen molar-refractivity contribution in [2.45, 2.75) is 70.8 Å². The number of rotatable bonds is 6. The molecule has 0 spiro atoms. The van der Waals surface area contributed by atoms with Crippen LogP contribution in [0, 0.1) is 17.8 Å². The van der Waals surface area contributed by atoms with Gasteiger partial charge in [0.1, 0.15) is 0 Å². The summed E-state index contributed by atoms with van der Waals surface area (Å²) >= 11 is 0. The topological polar surface area (TPSA) is 99.7 Å². The van der Waals surface area contributed by atoms with Crippen molar-refractivity contribution >= 4 is 29.1 Å². The second-order valence-electron chi connectivity index (χ2n) is 9.72. The summed E-state index contributed by atoms with van der Waals surface area (Å²) in [5.74, 6) is 0.573. The maximum absolute atomic E-state index is 12.6. The molecule has 0 atom stereocenters. The predicted octanol–water partition coefficient (Wildman–Crippen LogP) is 3.15. The SMILES string of the molecule is CCc1ccc(NC(=O)C(=O)N/N=C(/C)CC(=O)NC23CC4CC(CC(C4)C2)C3)cc1. The average Bonchev–Trinajstić information content (AvgIpc) is 2.71. The molecule has 166 valence electrons. The summed E-state index contributed by atoms with van der Waals surface area (Å²) in [4.78, 5) is 36.7. The molecule has 4 aliphatic carbocycles. The number of aryl methyl sites for hydroxylation is 1. The van der Waals surface area contributed by atoms with Crippen molar-refractivity contribution in [3.8, 4) is 0 Å². The third-order valence-electron chi connectivity index (χ3n) is 7.03. The van der Waals surface area contributed by atoms with Crippen LogP contribution in [-0.2, 0) is 20.8 Å². The summed E-state index contributed by atoms with van der Waals surface area (Å²) in [6.07, 6.45) is 8.28. The van der Waals surface area contributed by atoms with Crippen LogP contribution in [0.5, 0.6) is 0 Å². The Kier molecular flexibility index (Phi) is 6.12. The molecule has 0 radical (unpaired) electrons. The highest BCUT2D eigenvalue weighted by molar-refractivity contribution is 6.39. The lowest BCUT2D eigenvalue weighted by Gasteiger charge is -2.56. The maximum Gasteiger partial charge on any atom is 0.329 e. The van der Waals surface area contributed by atoms with E-state index in [4.69, 9.17) is 0 Å². The van der Waals surface area contributed by atoms with Gasteiger partial charge >= 0.3 is 11.8 Å². The molecule has 0 saturated heterocycles. The first-order valence-corrected chi connectivity index (χ1v) is 11.4. The highest BCUT2D eigenvalue weighted by Gasteiger charge is 2.51. The molecule has 1 aromatic carbocycles. The molecule has 5 rings (SSSR count). The van der Waals surface area contributed by atoms with Crippen molar-refractivity contribution in [2.75, 3.05) is 5.32 Å². The van der Waals surface area contributed by atoms with Crippen LogP contribution in [0.3, 0.4) is 0 Å². The van der Waals surface area contributed by atoms with Gasteiger partial charge in [-0.1, -0.05) is 19.1 Å². The van der Waals surface area contributed by atoms with E-state index in [1.165, 1.54) is 19.3 Å². The van der Waals surface area contributed by atoms with Gasteiger partial charge in [0.25, 0.3) is 0 Å². The van der Waals surface area contributed by atoms with Gasteiger partial charge in [-0.3, -0.25) is 14.4 Å². The third kappa shape index (κ3) is 5.14. The van der Waals surface area contributed by atoms with E-state index in [0.29, 0.717) is 11.4 Å². The summed E-state index contributed by atoms with van der Waals surface area (Å²) < 4.78 is 0. The largest absolute Gasteiger partial charge is 0.350 e. The van der Waals surface area contributed by atoms with E-state index < -0.39 is 11.8 Å². The van der Waals surface area contributed by atoms with Crippen LogP contribution in [0.1, 0.15) is 64.4 Å². The van der Waals surface area contributed by atoms with Crippen LogP contribution >= 0.6 is 0 Å². The van der Waals surface area contributed by atoms with Crippen LogP contribution < -0.4 is 16.1 Å². The molecular weight excluding hydrogens is 392 g/mol. The fraction of sp³-hybridized carbons (Fsp3) is 0.583. The Hall–Kier alpha value is -2.70. The lowest BCUT2D eigenvalue weighted by molar-refractivity contribution is -0.136. The molecule has 0 aliphatic heterocycles. The van der Waals surface area contributed by atoms with Crippen LogP contribution in [0.15, 0.2) is 29.4 Å². The second-order valence-corrected chi connectivity index (χ2v) is 9.72. The van der Waals surface area contributed by atoms with Crippen molar-refractivity contribution < 1.29 is 14.4 Å². The number of hydrazone groups is 1. The molecule has 4 bridgehead atoms. The fourth-order valence-electron chi connectivity index (χ4n) is 6.08. The zero-order chi connectivity index (χ0) is 22.0. The zero-order valence-electron chi connectivity index (χ0n) is 18.4. The summed E-state index contributed by atoms with van der Waals surface area (Å²) in [5.41, 5.74) is 4.37. The lowest BCUT2D eigenvalue weighted by Crippen LogP contribution is -2.60. The van der Waals surface area contributed by atoms with Gasteiger partial charge in [0.2, 0.25) is 5.91 Å². The Labute approximate surface area is 183 Å². The first-order valence-electron chi connectivity index (χ1n) is 11.4. The molecule has 4 aliphatic rings. The van der Waals surface area contributed by atoms with Gasteiger partial charge in [0.05, 0.1) is 6.42 Å². The van der Waals surface area contributed by atoms with E-state index in [-0.39, 0.29) is 17.9 Å². The number of nitrogens with zero attached hydrogens (tertiary/aromatic N) is 1. The standard InChI is InChI=1S/C24H32N4O3/c1-3-16-4-6-20(7-5-16)25-22(30)23(31)28-27-15(2)8-21(29)26-24-12-17-9-18(13-24)11-19(10-17)14-24/h4-7,17-19H,3,8-14H2,1-2H3,(H,25,30)(H,26,29)(H,28,31)/b27-15-. The second kappa shape index (κ2) is 8.81. The van der Waals surface area contributed by atoms with Crippen molar-refractivity contribution in [1.82, 2.24) is 10.7 Å². The predicted molar refractivity (Wildman–Crippen MR) is 119 cm³/mol. The Morgan fingerprint density at radius 3 is 2.10 bits per heavy atom. The molecule has 7 heteroatoms. The van der Waals surface area contributed by atoms with Crippen LogP contribution in [0.2, 0.25) is 0 Å². The molecule has 4 saturated carbocycles. The number of benzene rings is 1. The van der Waals surface area contributed by atoms with E-state index in [2.05, 4.69) is 21.2 Å². The van der Waals surface area contributed by atoms with Crippen LogP contribution in [0.25, 0.3) is 0 Å². The van der Waals surface area contributed by atoms with Crippen LogP contribution in [0.4, 0.5) is 5.69 Å². The quantitative estimate of drug-likeness (QED) is 0.372. The van der Waals surface area contributed by atoms with E-state index in [1.807, 2.05) is 19.1 Å². The summed E-state index contributed by atoms with van der Waals surface area (Å²) in [5, 5.41) is 9.78. The number of anilines is 1. The van der Waals surface area contributed by atoms with Crippen molar-refractivity contribution in [2.24, 2.45) is 22.9 Å². The monoisotopic (exact) mass is 424 g/mol. The van der Waals surface area contributed by atoms with E-state index in [9.17, 15) is 14.4 Å². The van der Waals surface area contributed by atoms with Gasteiger partial charge in [0, 0.05) is 16.9 Å². The first-order chi connectivity index (χ1) is 14.8. The van der Waals surface area contributed by atoms with Gasteiger partial charge in [-0.25, -0.2) is 5.43 Å².